The molecule has 15 heavy (non-hydrogen) atoms. The Kier molecular flexibility index (Phi) is 2.29. The number of anilines is 1. The highest BCUT2D eigenvalue weighted by Gasteiger charge is 2.01. The summed E-state index contributed by atoms with van der Waals surface area (Å²) in [6.45, 7) is 1.92. The van der Waals surface area contributed by atoms with Crippen LogP contribution in [0.5, 0.6) is 0 Å². The summed E-state index contributed by atoms with van der Waals surface area (Å²) in [5, 5.41) is 0. The monoisotopic (exact) mass is 200 g/mol. The van der Waals surface area contributed by atoms with Crippen molar-refractivity contribution in [3.63, 3.8) is 0 Å². The van der Waals surface area contributed by atoms with Crippen LogP contribution in [0.4, 0.5) is 5.69 Å². The number of aromatic amines is 1. The molecule has 0 bridgehead atoms. The van der Waals surface area contributed by atoms with E-state index in [1.54, 1.807) is 12.3 Å². The maximum atomic E-state index is 11.1. The largest absolute Gasteiger partial charge is 0.399 e. The van der Waals surface area contributed by atoms with Crippen molar-refractivity contribution in [1.82, 2.24) is 4.98 Å². The quantitative estimate of drug-likeness (QED) is 0.691. The predicted octanol–water partition coefficient (Wildman–Crippen LogP) is 1.93. The van der Waals surface area contributed by atoms with E-state index in [-0.39, 0.29) is 5.56 Å². The number of nitrogen functional groups attached to an aromatic ring is 1. The molecule has 3 heteroatoms. The number of benzene rings is 1. The Bertz CT molecular complexity index is 526. The molecule has 0 aliphatic heterocycles. The average Bonchev–Trinajstić information content (AvgIpc) is 2.20. The predicted molar refractivity (Wildman–Crippen MR) is 61.6 cm³/mol. The van der Waals surface area contributed by atoms with Crippen molar-refractivity contribution in [2.24, 2.45) is 0 Å². The van der Waals surface area contributed by atoms with Crippen LogP contribution in [0.1, 0.15) is 5.56 Å². The Hall–Kier alpha value is -2.03. The van der Waals surface area contributed by atoms with Gasteiger partial charge in [0.1, 0.15) is 0 Å². The number of hydrogen-bond donors (Lipinski definition) is 2. The van der Waals surface area contributed by atoms with Crippen LogP contribution in [0.3, 0.4) is 0 Å². The fraction of sp³-hybridized carbons (Fsp3) is 0.0833. The summed E-state index contributed by atoms with van der Waals surface area (Å²) in [6.07, 6.45) is 1.73. The van der Waals surface area contributed by atoms with Crippen LogP contribution in [0.25, 0.3) is 11.1 Å². The Labute approximate surface area is 87.6 Å². The first-order valence-corrected chi connectivity index (χ1v) is 4.72. The molecule has 0 amide bonds. The van der Waals surface area contributed by atoms with E-state index in [1.807, 2.05) is 31.2 Å². The van der Waals surface area contributed by atoms with E-state index in [4.69, 9.17) is 5.73 Å². The summed E-state index contributed by atoms with van der Waals surface area (Å²) < 4.78 is 0. The zero-order valence-electron chi connectivity index (χ0n) is 8.45. The first-order chi connectivity index (χ1) is 7.16. The Morgan fingerprint density at radius 2 is 1.87 bits per heavy atom. The Balaban J connectivity index is 2.54. The number of aryl methyl sites for hydroxylation is 1. The standard InChI is InChI=1S/C12H12N2O/c1-8-6-12(15)14-7-11(8)9-2-4-10(13)5-3-9/h2-7H,13H2,1H3,(H,14,15). The van der Waals surface area contributed by atoms with Gasteiger partial charge in [0.05, 0.1) is 0 Å². The van der Waals surface area contributed by atoms with Gasteiger partial charge in [-0.15, -0.1) is 0 Å². The Morgan fingerprint density at radius 3 is 2.47 bits per heavy atom. The molecule has 2 aromatic rings. The molecule has 0 fully saturated rings. The molecule has 2 rings (SSSR count). The van der Waals surface area contributed by atoms with E-state index < -0.39 is 0 Å². The molecule has 0 aliphatic carbocycles. The molecule has 76 valence electrons. The molecule has 0 aliphatic rings. The van der Waals surface area contributed by atoms with Gasteiger partial charge in [-0.1, -0.05) is 12.1 Å². The normalized spacial score (nSPS) is 10.2. The van der Waals surface area contributed by atoms with Gasteiger partial charge in [0.25, 0.3) is 0 Å². The molecule has 1 aromatic carbocycles. The van der Waals surface area contributed by atoms with Crippen molar-refractivity contribution in [3.05, 3.63) is 52.4 Å². The molecule has 0 saturated heterocycles. The molecule has 3 nitrogen and oxygen atoms in total. The van der Waals surface area contributed by atoms with Crippen molar-refractivity contribution < 1.29 is 0 Å². The third-order valence-corrected chi connectivity index (χ3v) is 2.35. The summed E-state index contributed by atoms with van der Waals surface area (Å²) >= 11 is 0. The van der Waals surface area contributed by atoms with Crippen LogP contribution < -0.4 is 11.3 Å². The van der Waals surface area contributed by atoms with Crippen molar-refractivity contribution in [2.75, 3.05) is 5.73 Å². The van der Waals surface area contributed by atoms with E-state index in [0.717, 1.165) is 22.4 Å². The van der Waals surface area contributed by atoms with Crippen molar-refractivity contribution in [1.29, 1.82) is 0 Å². The second-order valence-corrected chi connectivity index (χ2v) is 3.52. The minimum Gasteiger partial charge on any atom is -0.399 e. The van der Waals surface area contributed by atoms with E-state index in [9.17, 15) is 4.79 Å². The third kappa shape index (κ3) is 1.91. The highest BCUT2D eigenvalue weighted by molar-refractivity contribution is 5.67. The van der Waals surface area contributed by atoms with E-state index in [2.05, 4.69) is 4.98 Å². The number of pyridine rings is 1. The number of rotatable bonds is 1. The van der Waals surface area contributed by atoms with Crippen LogP contribution in [0.2, 0.25) is 0 Å². The lowest BCUT2D eigenvalue weighted by Crippen LogP contribution is -2.04. The van der Waals surface area contributed by atoms with Gasteiger partial charge in [-0.25, -0.2) is 0 Å². The number of hydrogen-bond acceptors (Lipinski definition) is 2. The number of nitrogens with one attached hydrogen (secondary N) is 1. The van der Waals surface area contributed by atoms with Gasteiger partial charge in [0, 0.05) is 23.5 Å². The summed E-state index contributed by atoms with van der Waals surface area (Å²) in [7, 11) is 0. The number of H-pyrrole nitrogens is 1. The van der Waals surface area contributed by atoms with Gasteiger partial charge in [0.2, 0.25) is 5.56 Å². The van der Waals surface area contributed by atoms with Crippen LogP contribution in [-0.2, 0) is 0 Å². The molecule has 1 aromatic heterocycles. The van der Waals surface area contributed by atoms with Crippen LogP contribution in [-0.4, -0.2) is 4.98 Å². The topological polar surface area (TPSA) is 58.9 Å². The van der Waals surface area contributed by atoms with Gasteiger partial charge in [-0.2, -0.15) is 0 Å². The van der Waals surface area contributed by atoms with Crippen LogP contribution in [0.15, 0.2) is 41.3 Å². The average molecular weight is 200 g/mol. The minimum atomic E-state index is -0.0771. The van der Waals surface area contributed by atoms with Crippen LogP contribution in [0, 0.1) is 6.92 Å². The summed E-state index contributed by atoms with van der Waals surface area (Å²) in [5.41, 5.74) is 9.31. The first-order valence-electron chi connectivity index (χ1n) is 4.72. The molecular formula is C12H12N2O. The zero-order chi connectivity index (χ0) is 10.8. The SMILES string of the molecule is Cc1cc(=O)[nH]cc1-c1ccc(N)cc1. The van der Waals surface area contributed by atoms with Gasteiger partial charge < -0.3 is 10.7 Å². The molecule has 3 N–H and O–H groups in total. The highest BCUT2D eigenvalue weighted by Crippen LogP contribution is 2.21. The van der Waals surface area contributed by atoms with Gasteiger partial charge in [-0.05, 0) is 30.2 Å². The molecule has 1 heterocycles. The molecule has 0 saturated carbocycles. The van der Waals surface area contributed by atoms with Crippen LogP contribution >= 0.6 is 0 Å². The maximum absolute atomic E-state index is 11.1. The van der Waals surface area contributed by atoms with Gasteiger partial charge >= 0.3 is 0 Å². The molecular weight excluding hydrogens is 188 g/mol. The van der Waals surface area contributed by atoms with Crippen molar-refractivity contribution >= 4 is 5.69 Å². The van der Waals surface area contributed by atoms with E-state index >= 15 is 0 Å². The zero-order valence-corrected chi connectivity index (χ0v) is 8.45. The lowest BCUT2D eigenvalue weighted by Gasteiger charge is -2.05. The summed E-state index contributed by atoms with van der Waals surface area (Å²) in [4.78, 5) is 13.7. The van der Waals surface area contributed by atoms with E-state index in [0.29, 0.717) is 0 Å². The summed E-state index contributed by atoms with van der Waals surface area (Å²) in [6, 6.07) is 9.16. The molecule has 0 spiro atoms. The maximum Gasteiger partial charge on any atom is 0.248 e. The highest BCUT2D eigenvalue weighted by atomic mass is 16.1. The third-order valence-electron chi connectivity index (χ3n) is 2.35. The van der Waals surface area contributed by atoms with Crippen molar-refractivity contribution in [2.45, 2.75) is 6.92 Å². The fourth-order valence-electron chi connectivity index (χ4n) is 1.55. The number of nitrogens with two attached hydrogens (primary N) is 1. The Morgan fingerprint density at radius 1 is 1.20 bits per heavy atom. The first kappa shape index (κ1) is 9.52. The minimum absolute atomic E-state index is 0.0771. The lowest BCUT2D eigenvalue weighted by molar-refractivity contribution is 1.21. The second-order valence-electron chi connectivity index (χ2n) is 3.52. The van der Waals surface area contributed by atoms with Gasteiger partial charge in [-0.3, -0.25) is 4.79 Å². The smallest absolute Gasteiger partial charge is 0.248 e. The van der Waals surface area contributed by atoms with Gasteiger partial charge in [0.15, 0.2) is 0 Å². The summed E-state index contributed by atoms with van der Waals surface area (Å²) in [5.74, 6) is 0. The fourth-order valence-corrected chi connectivity index (χ4v) is 1.55. The lowest BCUT2D eigenvalue weighted by atomic mass is 10.0. The number of aromatic nitrogens is 1. The molecule has 0 radical (unpaired) electrons. The molecule has 0 atom stereocenters. The molecule has 0 unspecified atom stereocenters. The second kappa shape index (κ2) is 3.61. The van der Waals surface area contributed by atoms with E-state index in [1.165, 1.54) is 0 Å². The van der Waals surface area contributed by atoms with Crippen molar-refractivity contribution in [3.8, 4) is 11.1 Å².